The lowest BCUT2D eigenvalue weighted by atomic mass is 10.1. The van der Waals surface area contributed by atoms with Crippen LogP contribution in [0, 0.1) is 3.57 Å². The largest absolute Gasteiger partial charge is 0.459 e. The number of nitrogen functional groups attached to an aromatic ring is 1. The Balaban J connectivity index is 1.92. The molecular formula is C13H16INO3. The fourth-order valence-corrected chi connectivity index (χ4v) is 2.38. The number of halogens is 1. The molecule has 0 aromatic heterocycles. The molecule has 5 heteroatoms. The zero-order valence-electron chi connectivity index (χ0n) is 10.0. The summed E-state index contributed by atoms with van der Waals surface area (Å²) in [4.78, 5) is 11.9. The number of hydrogen-bond acceptors (Lipinski definition) is 4. The lowest BCUT2D eigenvalue weighted by molar-refractivity contribution is -0.0300. The summed E-state index contributed by atoms with van der Waals surface area (Å²) >= 11 is 2.14. The molecule has 1 heterocycles. The number of nitrogens with two attached hydrogens (primary N) is 1. The van der Waals surface area contributed by atoms with Gasteiger partial charge in [-0.25, -0.2) is 4.79 Å². The third-order valence-electron chi connectivity index (χ3n) is 2.91. The number of esters is 1. The van der Waals surface area contributed by atoms with Crippen molar-refractivity contribution in [3.63, 3.8) is 0 Å². The third kappa shape index (κ3) is 3.58. The van der Waals surface area contributed by atoms with E-state index in [4.69, 9.17) is 15.2 Å². The van der Waals surface area contributed by atoms with Gasteiger partial charge < -0.3 is 15.2 Å². The van der Waals surface area contributed by atoms with E-state index in [2.05, 4.69) is 22.6 Å². The van der Waals surface area contributed by atoms with Crippen LogP contribution in [0.15, 0.2) is 18.2 Å². The van der Waals surface area contributed by atoms with Gasteiger partial charge in [0, 0.05) is 15.9 Å². The lowest BCUT2D eigenvalue weighted by Crippen LogP contribution is -2.26. The summed E-state index contributed by atoms with van der Waals surface area (Å²) < 4.78 is 11.7. The molecule has 0 saturated carbocycles. The molecule has 0 spiro atoms. The van der Waals surface area contributed by atoms with Crippen LogP contribution in [0.25, 0.3) is 0 Å². The van der Waals surface area contributed by atoms with Gasteiger partial charge in [0.05, 0.1) is 11.7 Å². The van der Waals surface area contributed by atoms with Crippen molar-refractivity contribution in [1.29, 1.82) is 0 Å². The molecule has 98 valence electrons. The molecule has 1 aromatic carbocycles. The molecule has 0 bridgehead atoms. The lowest BCUT2D eigenvalue weighted by Gasteiger charge is -2.22. The molecule has 4 nitrogen and oxygen atoms in total. The highest BCUT2D eigenvalue weighted by Gasteiger charge is 2.18. The molecular weight excluding hydrogens is 345 g/mol. The summed E-state index contributed by atoms with van der Waals surface area (Å²) in [5.74, 6) is -0.375. The summed E-state index contributed by atoms with van der Waals surface area (Å²) in [6.07, 6.45) is 3.21. The summed E-state index contributed by atoms with van der Waals surface area (Å²) in [6.45, 7) is 1.07. The predicted octanol–water partition coefficient (Wildman–Crippen LogP) is 2.60. The van der Waals surface area contributed by atoms with Crippen LogP contribution in [0.2, 0.25) is 0 Å². The van der Waals surface area contributed by atoms with Crippen LogP contribution in [0.1, 0.15) is 29.6 Å². The summed E-state index contributed by atoms with van der Waals surface area (Å²) in [6, 6.07) is 5.31. The molecule has 1 fully saturated rings. The number of anilines is 1. The van der Waals surface area contributed by atoms with Gasteiger partial charge in [-0.05, 0) is 60.1 Å². The zero-order valence-corrected chi connectivity index (χ0v) is 12.2. The summed E-state index contributed by atoms with van der Waals surface area (Å²) in [7, 11) is 0. The normalized spacial score (nSPS) is 19.5. The Labute approximate surface area is 120 Å². The average Bonchev–Trinajstić information content (AvgIpc) is 2.40. The van der Waals surface area contributed by atoms with Crippen molar-refractivity contribution in [3.8, 4) is 0 Å². The van der Waals surface area contributed by atoms with Gasteiger partial charge in [-0.2, -0.15) is 0 Å². The first-order chi connectivity index (χ1) is 8.66. The SMILES string of the molecule is Nc1ccc(I)cc1C(=O)OCC1CCCCO1. The average molecular weight is 361 g/mol. The molecule has 1 unspecified atom stereocenters. The number of carbonyl (C=O) groups excluding carboxylic acids is 1. The molecule has 1 aliphatic heterocycles. The van der Waals surface area contributed by atoms with Crippen LogP contribution in [-0.2, 0) is 9.47 Å². The van der Waals surface area contributed by atoms with E-state index in [1.54, 1.807) is 12.1 Å². The molecule has 2 N–H and O–H groups in total. The second kappa shape index (κ2) is 6.38. The van der Waals surface area contributed by atoms with Crippen LogP contribution >= 0.6 is 22.6 Å². The fourth-order valence-electron chi connectivity index (χ4n) is 1.89. The van der Waals surface area contributed by atoms with Crippen molar-refractivity contribution in [2.45, 2.75) is 25.4 Å². The van der Waals surface area contributed by atoms with Gasteiger partial charge in [-0.3, -0.25) is 0 Å². The van der Waals surface area contributed by atoms with Gasteiger partial charge in [0.2, 0.25) is 0 Å². The van der Waals surface area contributed by atoms with Crippen LogP contribution < -0.4 is 5.73 Å². The summed E-state index contributed by atoms with van der Waals surface area (Å²) in [5.41, 5.74) is 6.64. The monoisotopic (exact) mass is 361 g/mol. The van der Waals surface area contributed by atoms with Gasteiger partial charge in [0.1, 0.15) is 6.61 Å². The molecule has 1 atom stereocenters. The Bertz CT molecular complexity index is 430. The highest BCUT2D eigenvalue weighted by atomic mass is 127. The standard InChI is InChI=1S/C13H16INO3/c14-9-4-5-12(15)11(7-9)13(16)18-8-10-3-1-2-6-17-10/h4-5,7,10H,1-3,6,8,15H2. The first-order valence-electron chi connectivity index (χ1n) is 6.00. The van der Waals surface area contributed by atoms with Crippen molar-refractivity contribution in [2.75, 3.05) is 18.9 Å². The molecule has 1 aliphatic rings. The van der Waals surface area contributed by atoms with Crippen molar-refractivity contribution < 1.29 is 14.3 Å². The van der Waals surface area contributed by atoms with Crippen molar-refractivity contribution in [1.82, 2.24) is 0 Å². The van der Waals surface area contributed by atoms with Gasteiger partial charge >= 0.3 is 5.97 Å². The maximum atomic E-state index is 11.9. The fraction of sp³-hybridized carbons (Fsp3) is 0.462. The van der Waals surface area contributed by atoms with Crippen LogP contribution in [0.5, 0.6) is 0 Å². The maximum Gasteiger partial charge on any atom is 0.340 e. The number of hydrogen-bond donors (Lipinski definition) is 1. The Morgan fingerprint density at radius 3 is 3.06 bits per heavy atom. The smallest absolute Gasteiger partial charge is 0.340 e. The van der Waals surface area contributed by atoms with E-state index < -0.39 is 0 Å². The third-order valence-corrected chi connectivity index (χ3v) is 3.58. The second-order valence-corrected chi connectivity index (χ2v) is 5.56. The summed E-state index contributed by atoms with van der Waals surface area (Å²) in [5, 5.41) is 0. The van der Waals surface area contributed by atoms with Crippen LogP contribution in [0.3, 0.4) is 0 Å². The Morgan fingerprint density at radius 2 is 2.33 bits per heavy atom. The van der Waals surface area contributed by atoms with Gasteiger partial charge in [-0.15, -0.1) is 0 Å². The van der Waals surface area contributed by atoms with E-state index in [9.17, 15) is 4.79 Å². The van der Waals surface area contributed by atoms with Crippen molar-refractivity contribution in [2.24, 2.45) is 0 Å². The molecule has 0 aliphatic carbocycles. The quantitative estimate of drug-likeness (QED) is 0.511. The Hall–Kier alpha value is -0.820. The van der Waals surface area contributed by atoms with Gasteiger partial charge in [-0.1, -0.05) is 0 Å². The van der Waals surface area contributed by atoms with E-state index in [-0.39, 0.29) is 12.1 Å². The van der Waals surface area contributed by atoms with E-state index >= 15 is 0 Å². The van der Waals surface area contributed by atoms with E-state index in [0.717, 1.165) is 29.4 Å². The molecule has 18 heavy (non-hydrogen) atoms. The maximum absolute atomic E-state index is 11.9. The second-order valence-electron chi connectivity index (χ2n) is 4.32. The number of ether oxygens (including phenoxy) is 2. The van der Waals surface area contributed by atoms with Gasteiger partial charge in [0.15, 0.2) is 0 Å². The van der Waals surface area contributed by atoms with Crippen LogP contribution in [0.4, 0.5) is 5.69 Å². The molecule has 2 rings (SSSR count). The number of carbonyl (C=O) groups is 1. The van der Waals surface area contributed by atoms with Crippen molar-refractivity contribution >= 4 is 34.2 Å². The van der Waals surface area contributed by atoms with E-state index in [1.807, 2.05) is 6.07 Å². The first kappa shape index (κ1) is 13.6. The Morgan fingerprint density at radius 1 is 1.50 bits per heavy atom. The molecule has 0 amide bonds. The zero-order chi connectivity index (χ0) is 13.0. The topological polar surface area (TPSA) is 61.6 Å². The number of rotatable bonds is 3. The van der Waals surface area contributed by atoms with Gasteiger partial charge in [0.25, 0.3) is 0 Å². The highest BCUT2D eigenvalue weighted by molar-refractivity contribution is 14.1. The Kier molecular flexibility index (Phi) is 4.82. The van der Waals surface area contributed by atoms with Crippen LogP contribution in [-0.4, -0.2) is 25.3 Å². The van der Waals surface area contributed by atoms with E-state index in [0.29, 0.717) is 17.9 Å². The highest BCUT2D eigenvalue weighted by Crippen LogP contribution is 2.18. The minimum atomic E-state index is -0.375. The first-order valence-corrected chi connectivity index (χ1v) is 7.08. The van der Waals surface area contributed by atoms with E-state index in [1.165, 1.54) is 0 Å². The number of benzene rings is 1. The minimum Gasteiger partial charge on any atom is -0.459 e. The molecule has 1 saturated heterocycles. The predicted molar refractivity (Wildman–Crippen MR) is 77.4 cm³/mol. The van der Waals surface area contributed by atoms with Crippen molar-refractivity contribution in [3.05, 3.63) is 27.3 Å². The molecule has 0 radical (unpaired) electrons. The minimum absolute atomic E-state index is 0.0340. The molecule has 1 aromatic rings.